The Hall–Kier alpha value is -1.10. The molecule has 0 aliphatic rings. The van der Waals surface area contributed by atoms with Crippen LogP contribution >= 0.6 is 0 Å². The fourth-order valence-electron chi connectivity index (χ4n) is 1.69. The number of carboxylic acids is 1. The summed E-state index contributed by atoms with van der Waals surface area (Å²) in [4.78, 5) is 22.8. The van der Waals surface area contributed by atoms with Crippen molar-refractivity contribution in [1.82, 2.24) is 5.32 Å². The molecule has 0 rings (SSSR count). The van der Waals surface area contributed by atoms with Crippen LogP contribution in [0.3, 0.4) is 0 Å². The van der Waals surface area contributed by atoms with Gasteiger partial charge >= 0.3 is 5.97 Å². The minimum atomic E-state index is -0.874. The fraction of sp³-hybridized carbons (Fsp3) is 0.846. The maximum Gasteiger partial charge on any atom is 0.308 e. The summed E-state index contributed by atoms with van der Waals surface area (Å²) >= 11 is 0. The molecule has 5 heteroatoms. The van der Waals surface area contributed by atoms with Gasteiger partial charge in [0.15, 0.2) is 0 Å². The average Bonchev–Trinajstić information content (AvgIpc) is 2.31. The van der Waals surface area contributed by atoms with Crippen molar-refractivity contribution in [1.29, 1.82) is 0 Å². The van der Waals surface area contributed by atoms with Gasteiger partial charge in [-0.2, -0.15) is 0 Å². The Morgan fingerprint density at radius 2 is 1.83 bits per heavy atom. The lowest BCUT2D eigenvalue weighted by Crippen LogP contribution is -2.46. The smallest absolute Gasteiger partial charge is 0.308 e. The van der Waals surface area contributed by atoms with Crippen molar-refractivity contribution in [2.24, 2.45) is 23.5 Å². The van der Waals surface area contributed by atoms with Gasteiger partial charge in [-0.3, -0.25) is 9.59 Å². The first-order valence-electron chi connectivity index (χ1n) is 6.55. The van der Waals surface area contributed by atoms with Crippen LogP contribution in [-0.4, -0.2) is 29.6 Å². The molecule has 18 heavy (non-hydrogen) atoms. The Labute approximate surface area is 109 Å². The van der Waals surface area contributed by atoms with Crippen molar-refractivity contribution in [3.8, 4) is 0 Å². The van der Waals surface area contributed by atoms with Gasteiger partial charge in [0.2, 0.25) is 5.91 Å². The lowest BCUT2D eigenvalue weighted by molar-refractivity contribution is -0.142. The van der Waals surface area contributed by atoms with Crippen LogP contribution in [0.5, 0.6) is 0 Å². The van der Waals surface area contributed by atoms with Gasteiger partial charge in [0.05, 0.1) is 12.0 Å². The maximum absolute atomic E-state index is 11.7. The molecule has 0 aromatic rings. The number of carbonyl (C=O) groups excluding carboxylic acids is 1. The summed E-state index contributed by atoms with van der Waals surface area (Å²) in [6, 6.07) is -0.566. The maximum atomic E-state index is 11.7. The van der Waals surface area contributed by atoms with Gasteiger partial charge in [-0.05, 0) is 18.3 Å². The quantitative estimate of drug-likeness (QED) is 0.610. The number of aliphatic carboxylic acids is 1. The highest BCUT2D eigenvalue weighted by atomic mass is 16.4. The third-order valence-electron chi connectivity index (χ3n) is 3.19. The van der Waals surface area contributed by atoms with Gasteiger partial charge in [0.1, 0.15) is 0 Å². The van der Waals surface area contributed by atoms with E-state index in [1.165, 1.54) is 0 Å². The van der Waals surface area contributed by atoms with E-state index in [1.807, 2.05) is 27.7 Å². The second-order valence-electron chi connectivity index (χ2n) is 5.32. The van der Waals surface area contributed by atoms with Crippen LogP contribution in [0.1, 0.15) is 40.5 Å². The number of nitrogens with two attached hydrogens (primary N) is 1. The van der Waals surface area contributed by atoms with Crippen LogP contribution < -0.4 is 11.1 Å². The minimum absolute atomic E-state index is 0.0957. The molecule has 0 saturated heterocycles. The van der Waals surface area contributed by atoms with Crippen molar-refractivity contribution < 1.29 is 14.7 Å². The molecule has 3 unspecified atom stereocenters. The number of amides is 1. The van der Waals surface area contributed by atoms with Gasteiger partial charge in [-0.15, -0.1) is 0 Å². The zero-order chi connectivity index (χ0) is 14.3. The average molecular weight is 258 g/mol. The van der Waals surface area contributed by atoms with Crippen molar-refractivity contribution in [2.45, 2.75) is 46.6 Å². The molecule has 0 fully saturated rings. The molecule has 1 amide bonds. The van der Waals surface area contributed by atoms with Gasteiger partial charge in [-0.1, -0.05) is 34.1 Å². The fourth-order valence-corrected chi connectivity index (χ4v) is 1.69. The molecule has 0 aromatic carbocycles. The Morgan fingerprint density at radius 1 is 1.28 bits per heavy atom. The lowest BCUT2D eigenvalue weighted by Gasteiger charge is -2.20. The first-order valence-corrected chi connectivity index (χ1v) is 6.55. The van der Waals surface area contributed by atoms with E-state index >= 15 is 0 Å². The number of rotatable bonds is 8. The molecule has 0 heterocycles. The highest BCUT2D eigenvalue weighted by Crippen LogP contribution is 2.11. The molecule has 0 aliphatic carbocycles. The first-order chi connectivity index (χ1) is 8.29. The molecule has 0 bridgehead atoms. The van der Waals surface area contributed by atoms with Crippen molar-refractivity contribution >= 4 is 11.9 Å². The highest BCUT2D eigenvalue weighted by molar-refractivity contribution is 5.82. The Morgan fingerprint density at radius 3 is 2.22 bits per heavy atom. The predicted octanol–water partition coefficient (Wildman–Crippen LogP) is 1.22. The number of hydrogen-bond donors (Lipinski definition) is 3. The van der Waals surface area contributed by atoms with Gasteiger partial charge in [0, 0.05) is 6.54 Å². The second kappa shape index (κ2) is 8.08. The Balaban J connectivity index is 4.27. The van der Waals surface area contributed by atoms with Crippen LogP contribution in [-0.2, 0) is 9.59 Å². The summed E-state index contributed by atoms with van der Waals surface area (Å²) in [7, 11) is 0. The SMILES string of the molecule is CCC(C)C(N)C(=O)NCC(CC(C)C)C(=O)O. The lowest BCUT2D eigenvalue weighted by atomic mass is 9.96. The molecule has 0 spiro atoms. The molecule has 0 aromatic heterocycles. The van der Waals surface area contributed by atoms with Crippen LogP contribution in [0.2, 0.25) is 0 Å². The summed E-state index contributed by atoms with van der Waals surface area (Å²) in [5, 5.41) is 11.7. The van der Waals surface area contributed by atoms with E-state index in [1.54, 1.807) is 0 Å². The van der Waals surface area contributed by atoms with Crippen LogP contribution in [0, 0.1) is 17.8 Å². The number of carbonyl (C=O) groups is 2. The van der Waals surface area contributed by atoms with E-state index < -0.39 is 17.9 Å². The van der Waals surface area contributed by atoms with Crippen LogP contribution in [0.25, 0.3) is 0 Å². The minimum Gasteiger partial charge on any atom is -0.481 e. The zero-order valence-electron chi connectivity index (χ0n) is 11.8. The van der Waals surface area contributed by atoms with E-state index in [2.05, 4.69) is 5.32 Å². The topological polar surface area (TPSA) is 92.4 Å². The predicted molar refractivity (Wildman–Crippen MR) is 71.0 cm³/mol. The third kappa shape index (κ3) is 6.00. The van der Waals surface area contributed by atoms with Crippen LogP contribution in [0.15, 0.2) is 0 Å². The zero-order valence-corrected chi connectivity index (χ0v) is 11.8. The molecule has 106 valence electrons. The Kier molecular flexibility index (Phi) is 7.59. The van der Waals surface area contributed by atoms with E-state index in [9.17, 15) is 9.59 Å². The third-order valence-corrected chi connectivity index (χ3v) is 3.19. The monoisotopic (exact) mass is 258 g/mol. The largest absolute Gasteiger partial charge is 0.481 e. The number of hydrogen-bond acceptors (Lipinski definition) is 3. The van der Waals surface area contributed by atoms with E-state index in [4.69, 9.17) is 10.8 Å². The van der Waals surface area contributed by atoms with Crippen molar-refractivity contribution in [3.05, 3.63) is 0 Å². The van der Waals surface area contributed by atoms with Gasteiger partial charge < -0.3 is 16.2 Å². The standard InChI is InChI=1S/C13H26N2O3/c1-5-9(4)11(14)12(16)15-7-10(13(17)18)6-8(2)3/h8-11H,5-7,14H2,1-4H3,(H,15,16)(H,17,18). The molecular formula is C13H26N2O3. The molecular weight excluding hydrogens is 232 g/mol. The van der Waals surface area contributed by atoms with Gasteiger partial charge in [-0.25, -0.2) is 0 Å². The van der Waals surface area contributed by atoms with Crippen molar-refractivity contribution in [2.75, 3.05) is 6.54 Å². The summed E-state index contributed by atoms with van der Waals surface area (Å²) in [6.45, 7) is 7.95. The summed E-state index contributed by atoms with van der Waals surface area (Å²) < 4.78 is 0. The van der Waals surface area contributed by atoms with Crippen LogP contribution in [0.4, 0.5) is 0 Å². The van der Waals surface area contributed by atoms with E-state index in [-0.39, 0.29) is 24.3 Å². The molecule has 0 aliphatic heterocycles. The number of nitrogens with one attached hydrogen (secondary N) is 1. The second-order valence-corrected chi connectivity index (χ2v) is 5.32. The first kappa shape index (κ1) is 16.9. The highest BCUT2D eigenvalue weighted by Gasteiger charge is 2.23. The summed E-state index contributed by atoms with van der Waals surface area (Å²) in [5.41, 5.74) is 5.78. The molecule has 5 nitrogen and oxygen atoms in total. The Bertz CT molecular complexity index is 279. The summed E-state index contributed by atoms with van der Waals surface area (Å²) in [5.74, 6) is -1.30. The molecule has 0 radical (unpaired) electrons. The van der Waals surface area contributed by atoms with E-state index in [0.29, 0.717) is 6.42 Å². The normalized spacial score (nSPS) is 16.1. The molecule has 3 atom stereocenters. The summed E-state index contributed by atoms with van der Waals surface area (Å²) in [6.07, 6.45) is 1.37. The van der Waals surface area contributed by atoms with Gasteiger partial charge in [0.25, 0.3) is 0 Å². The molecule has 4 N–H and O–H groups in total. The molecule has 0 saturated carbocycles. The van der Waals surface area contributed by atoms with Crippen molar-refractivity contribution in [3.63, 3.8) is 0 Å². The van der Waals surface area contributed by atoms with E-state index in [0.717, 1.165) is 6.42 Å². The number of carboxylic acid groups (broad SMARTS) is 1.